The first-order valence-electron chi connectivity index (χ1n) is 7.82. The average molecular weight is 330 g/mol. The standard InChI is InChI=1S/C17H22N4OS/c1-12-10-21(11-13(2)23-12)17(22)19-15-6-4-5-14(9-15)16-18-7-8-20(16)3/h4-9,12-13H,10-11H2,1-3H3,(H,19,22)/t12-,13-/m0/s1. The van der Waals surface area contributed by atoms with Gasteiger partial charge in [0.05, 0.1) is 0 Å². The molecule has 1 aliphatic rings. The van der Waals surface area contributed by atoms with Gasteiger partial charge in [0, 0.05) is 54.3 Å². The van der Waals surface area contributed by atoms with Gasteiger partial charge in [0.15, 0.2) is 0 Å². The number of nitrogens with one attached hydrogen (secondary N) is 1. The zero-order valence-corrected chi connectivity index (χ0v) is 14.5. The summed E-state index contributed by atoms with van der Waals surface area (Å²) in [6, 6.07) is 7.79. The fraction of sp³-hybridized carbons (Fsp3) is 0.412. The molecule has 5 nitrogen and oxygen atoms in total. The third-order valence-corrected chi connectivity index (χ3v) is 5.13. The topological polar surface area (TPSA) is 50.2 Å². The molecule has 1 N–H and O–H groups in total. The summed E-state index contributed by atoms with van der Waals surface area (Å²) in [5, 5.41) is 3.97. The zero-order chi connectivity index (χ0) is 16.4. The van der Waals surface area contributed by atoms with Gasteiger partial charge in [0.1, 0.15) is 5.82 Å². The highest BCUT2D eigenvalue weighted by Crippen LogP contribution is 2.26. The summed E-state index contributed by atoms with van der Waals surface area (Å²) in [5.74, 6) is 0.887. The SMILES string of the molecule is C[C@H]1CN(C(=O)Nc2cccc(-c3nccn3C)c2)C[C@H](C)S1. The van der Waals surface area contributed by atoms with E-state index in [9.17, 15) is 4.79 Å². The van der Waals surface area contributed by atoms with Gasteiger partial charge >= 0.3 is 6.03 Å². The lowest BCUT2D eigenvalue weighted by Crippen LogP contribution is -2.46. The van der Waals surface area contributed by atoms with E-state index in [0.717, 1.165) is 30.2 Å². The van der Waals surface area contributed by atoms with Crippen molar-refractivity contribution in [3.05, 3.63) is 36.7 Å². The van der Waals surface area contributed by atoms with Crippen LogP contribution in [-0.2, 0) is 7.05 Å². The fourth-order valence-electron chi connectivity index (χ4n) is 2.93. The van der Waals surface area contributed by atoms with Crippen LogP contribution < -0.4 is 5.32 Å². The number of carbonyl (C=O) groups excluding carboxylic acids is 1. The van der Waals surface area contributed by atoms with E-state index >= 15 is 0 Å². The number of rotatable bonds is 2. The summed E-state index contributed by atoms with van der Waals surface area (Å²) in [5.41, 5.74) is 1.79. The van der Waals surface area contributed by atoms with Crippen molar-refractivity contribution in [2.75, 3.05) is 18.4 Å². The van der Waals surface area contributed by atoms with Crippen LogP contribution in [0.5, 0.6) is 0 Å². The Balaban J connectivity index is 1.73. The van der Waals surface area contributed by atoms with Crippen LogP contribution in [0.15, 0.2) is 36.7 Å². The van der Waals surface area contributed by atoms with Crippen LogP contribution in [-0.4, -0.2) is 44.1 Å². The number of benzene rings is 1. The van der Waals surface area contributed by atoms with Gasteiger partial charge in [-0.3, -0.25) is 0 Å². The molecule has 122 valence electrons. The van der Waals surface area contributed by atoms with Crippen LogP contribution in [0.25, 0.3) is 11.4 Å². The molecule has 1 aliphatic heterocycles. The number of amides is 2. The molecule has 0 saturated carbocycles. The summed E-state index contributed by atoms with van der Waals surface area (Å²) in [4.78, 5) is 18.8. The van der Waals surface area contributed by atoms with Gasteiger partial charge in [0.2, 0.25) is 0 Å². The number of nitrogens with zero attached hydrogens (tertiary/aromatic N) is 3. The first kappa shape index (κ1) is 15.9. The summed E-state index contributed by atoms with van der Waals surface area (Å²) in [6.45, 7) is 5.92. The van der Waals surface area contributed by atoms with Gasteiger partial charge in [-0.2, -0.15) is 11.8 Å². The van der Waals surface area contributed by atoms with Gasteiger partial charge in [-0.05, 0) is 12.1 Å². The maximum atomic E-state index is 12.5. The maximum Gasteiger partial charge on any atom is 0.321 e. The van der Waals surface area contributed by atoms with E-state index in [1.165, 1.54) is 0 Å². The van der Waals surface area contributed by atoms with Crippen molar-refractivity contribution in [2.24, 2.45) is 7.05 Å². The molecule has 2 amide bonds. The van der Waals surface area contributed by atoms with Gasteiger partial charge in [0.25, 0.3) is 0 Å². The van der Waals surface area contributed by atoms with Crippen molar-refractivity contribution in [2.45, 2.75) is 24.3 Å². The second kappa shape index (κ2) is 6.66. The van der Waals surface area contributed by atoms with Crippen molar-refractivity contribution in [3.8, 4) is 11.4 Å². The van der Waals surface area contributed by atoms with Crippen LogP contribution in [0, 0.1) is 0 Å². The van der Waals surface area contributed by atoms with Crippen molar-refractivity contribution < 1.29 is 4.79 Å². The van der Waals surface area contributed by atoms with E-state index < -0.39 is 0 Å². The van der Waals surface area contributed by atoms with Crippen LogP contribution in [0.2, 0.25) is 0 Å². The number of thioether (sulfide) groups is 1. The lowest BCUT2D eigenvalue weighted by molar-refractivity contribution is 0.211. The van der Waals surface area contributed by atoms with Crippen molar-refractivity contribution in [3.63, 3.8) is 0 Å². The van der Waals surface area contributed by atoms with E-state index in [-0.39, 0.29) is 6.03 Å². The number of aromatic nitrogens is 2. The molecule has 0 radical (unpaired) electrons. The van der Waals surface area contributed by atoms with Gasteiger partial charge < -0.3 is 14.8 Å². The summed E-state index contributed by atoms with van der Waals surface area (Å²) < 4.78 is 1.96. The number of anilines is 1. The monoisotopic (exact) mass is 330 g/mol. The minimum absolute atomic E-state index is 0.0269. The molecule has 1 fully saturated rings. The molecule has 0 unspecified atom stereocenters. The van der Waals surface area contributed by atoms with Crippen LogP contribution in [0.4, 0.5) is 10.5 Å². The average Bonchev–Trinajstić information content (AvgIpc) is 2.92. The minimum Gasteiger partial charge on any atom is -0.334 e. The Kier molecular flexibility index (Phi) is 4.61. The third kappa shape index (κ3) is 3.69. The summed E-state index contributed by atoms with van der Waals surface area (Å²) in [7, 11) is 1.96. The quantitative estimate of drug-likeness (QED) is 0.917. The first-order chi connectivity index (χ1) is 11.0. The molecule has 23 heavy (non-hydrogen) atoms. The highest BCUT2D eigenvalue weighted by molar-refractivity contribution is 8.00. The highest BCUT2D eigenvalue weighted by Gasteiger charge is 2.25. The Bertz CT molecular complexity index is 689. The van der Waals surface area contributed by atoms with Crippen molar-refractivity contribution in [1.29, 1.82) is 0 Å². The van der Waals surface area contributed by atoms with E-state index in [4.69, 9.17) is 0 Å². The predicted octanol–water partition coefficient (Wildman–Crippen LogP) is 3.44. The maximum absolute atomic E-state index is 12.5. The smallest absolute Gasteiger partial charge is 0.321 e. The number of imidazole rings is 1. The van der Waals surface area contributed by atoms with E-state index in [2.05, 4.69) is 24.1 Å². The van der Waals surface area contributed by atoms with Crippen LogP contribution in [0.1, 0.15) is 13.8 Å². The largest absolute Gasteiger partial charge is 0.334 e. The summed E-state index contributed by atoms with van der Waals surface area (Å²) in [6.07, 6.45) is 3.68. The molecule has 0 spiro atoms. The molecule has 1 saturated heterocycles. The Labute approximate surface area is 141 Å². The number of aryl methyl sites for hydroxylation is 1. The molecular formula is C17H22N4OS. The van der Waals surface area contributed by atoms with E-state index in [1.807, 2.05) is 58.7 Å². The third-order valence-electron chi connectivity index (χ3n) is 3.90. The van der Waals surface area contributed by atoms with Gasteiger partial charge in [-0.25, -0.2) is 9.78 Å². The first-order valence-corrected chi connectivity index (χ1v) is 8.76. The normalized spacial score (nSPS) is 21.3. The molecule has 1 aromatic heterocycles. The molecule has 0 bridgehead atoms. The predicted molar refractivity (Wildman–Crippen MR) is 95.8 cm³/mol. The second-order valence-electron chi connectivity index (χ2n) is 6.04. The zero-order valence-electron chi connectivity index (χ0n) is 13.7. The Morgan fingerprint density at radius 1 is 1.30 bits per heavy atom. The lowest BCUT2D eigenvalue weighted by Gasteiger charge is -2.34. The Hall–Kier alpha value is -1.95. The van der Waals surface area contributed by atoms with Crippen molar-refractivity contribution >= 4 is 23.5 Å². The number of hydrogen-bond donors (Lipinski definition) is 1. The molecule has 6 heteroatoms. The number of carbonyl (C=O) groups is 1. The lowest BCUT2D eigenvalue weighted by atomic mass is 10.2. The highest BCUT2D eigenvalue weighted by atomic mass is 32.2. The number of hydrogen-bond acceptors (Lipinski definition) is 3. The Morgan fingerprint density at radius 2 is 2.04 bits per heavy atom. The fourth-order valence-corrected chi connectivity index (χ4v) is 4.25. The van der Waals surface area contributed by atoms with E-state index in [0.29, 0.717) is 10.5 Å². The molecule has 1 aromatic carbocycles. The molecule has 0 aliphatic carbocycles. The second-order valence-corrected chi connectivity index (χ2v) is 7.92. The Morgan fingerprint density at radius 3 is 2.70 bits per heavy atom. The molecule has 3 rings (SSSR count). The minimum atomic E-state index is -0.0269. The molecule has 2 atom stereocenters. The number of urea groups is 1. The van der Waals surface area contributed by atoms with Crippen molar-refractivity contribution in [1.82, 2.24) is 14.5 Å². The molecule has 2 aromatic rings. The molecule has 2 heterocycles. The van der Waals surface area contributed by atoms with Crippen LogP contribution >= 0.6 is 11.8 Å². The summed E-state index contributed by atoms with van der Waals surface area (Å²) >= 11 is 1.94. The van der Waals surface area contributed by atoms with Gasteiger partial charge in [-0.1, -0.05) is 26.0 Å². The molecular weight excluding hydrogens is 308 g/mol. The van der Waals surface area contributed by atoms with Crippen LogP contribution in [0.3, 0.4) is 0 Å². The van der Waals surface area contributed by atoms with E-state index in [1.54, 1.807) is 6.20 Å². The van der Waals surface area contributed by atoms with Gasteiger partial charge in [-0.15, -0.1) is 0 Å².